The predicted octanol–water partition coefficient (Wildman–Crippen LogP) is 2.71. The van der Waals surface area contributed by atoms with Crippen LogP contribution in [0.4, 0.5) is 0 Å². The molecule has 2 unspecified atom stereocenters. The second-order valence-electron chi connectivity index (χ2n) is 5.96. The third-order valence-electron chi connectivity index (χ3n) is 4.61. The minimum absolute atomic E-state index is 0.376. The normalized spacial score (nSPS) is 40.9. The zero-order valence-corrected chi connectivity index (χ0v) is 10.6. The summed E-state index contributed by atoms with van der Waals surface area (Å²) in [5.41, 5.74) is 0. The topological polar surface area (TPSA) is 32.3 Å². The third-order valence-corrected chi connectivity index (χ3v) is 4.61. The first kappa shape index (κ1) is 12.4. The van der Waals surface area contributed by atoms with Crippen LogP contribution in [-0.4, -0.2) is 23.8 Å². The molecule has 0 bridgehead atoms. The molecule has 0 saturated heterocycles. The largest absolute Gasteiger partial charge is 0.396 e. The Kier molecular flexibility index (Phi) is 4.66. The Hall–Kier alpha value is -0.0800. The summed E-state index contributed by atoms with van der Waals surface area (Å²) < 4.78 is 0. The number of aliphatic hydroxyl groups is 1. The highest BCUT2D eigenvalue weighted by Gasteiger charge is 2.27. The van der Waals surface area contributed by atoms with E-state index in [4.69, 9.17) is 0 Å². The van der Waals surface area contributed by atoms with Gasteiger partial charge >= 0.3 is 0 Å². The molecular formula is C14H27NO. The molecule has 2 fully saturated rings. The molecule has 2 aliphatic carbocycles. The zero-order valence-electron chi connectivity index (χ0n) is 10.6. The standard InChI is InChI=1S/C14H27NO/c1-11-6-8-13(9-7-11)15-14-5-3-2-4-12(14)10-16/h11-16H,2-10H2,1H3. The second-order valence-corrected chi connectivity index (χ2v) is 5.96. The molecule has 2 atom stereocenters. The fourth-order valence-electron chi connectivity index (χ4n) is 3.38. The first-order chi connectivity index (χ1) is 7.79. The molecule has 0 heterocycles. The number of aliphatic hydroxyl groups excluding tert-OH is 1. The smallest absolute Gasteiger partial charge is 0.0474 e. The van der Waals surface area contributed by atoms with Crippen molar-refractivity contribution in [3.05, 3.63) is 0 Å². The van der Waals surface area contributed by atoms with Gasteiger partial charge in [0.05, 0.1) is 0 Å². The molecule has 0 spiro atoms. The van der Waals surface area contributed by atoms with E-state index in [9.17, 15) is 5.11 Å². The molecule has 16 heavy (non-hydrogen) atoms. The molecular weight excluding hydrogens is 198 g/mol. The molecule has 0 aliphatic heterocycles. The average Bonchev–Trinajstić information content (AvgIpc) is 2.33. The number of hydrogen-bond acceptors (Lipinski definition) is 2. The van der Waals surface area contributed by atoms with E-state index >= 15 is 0 Å². The summed E-state index contributed by atoms with van der Waals surface area (Å²) >= 11 is 0. The molecule has 0 radical (unpaired) electrons. The zero-order chi connectivity index (χ0) is 11.4. The van der Waals surface area contributed by atoms with Gasteiger partial charge in [-0.25, -0.2) is 0 Å². The summed E-state index contributed by atoms with van der Waals surface area (Å²) in [5.74, 6) is 1.45. The fraction of sp³-hybridized carbons (Fsp3) is 1.00. The van der Waals surface area contributed by atoms with Gasteiger partial charge in [0, 0.05) is 18.7 Å². The van der Waals surface area contributed by atoms with Crippen molar-refractivity contribution in [2.45, 2.75) is 70.4 Å². The van der Waals surface area contributed by atoms with Gasteiger partial charge in [-0.3, -0.25) is 0 Å². The number of rotatable bonds is 3. The monoisotopic (exact) mass is 225 g/mol. The first-order valence-corrected chi connectivity index (χ1v) is 7.16. The van der Waals surface area contributed by atoms with Crippen LogP contribution in [0.3, 0.4) is 0 Å². The van der Waals surface area contributed by atoms with E-state index in [1.807, 2.05) is 0 Å². The van der Waals surface area contributed by atoms with Crippen molar-refractivity contribution in [1.29, 1.82) is 0 Å². The van der Waals surface area contributed by atoms with E-state index in [1.165, 1.54) is 51.4 Å². The molecule has 2 rings (SSSR count). The Morgan fingerprint density at radius 1 is 1.00 bits per heavy atom. The minimum atomic E-state index is 0.376. The highest BCUT2D eigenvalue weighted by molar-refractivity contribution is 4.85. The second kappa shape index (κ2) is 6.02. The maximum absolute atomic E-state index is 9.39. The van der Waals surface area contributed by atoms with Gasteiger partial charge in [-0.1, -0.05) is 19.8 Å². The SMILES string of the molecule is CC1CCC(NC2CCCCC2CO)CC1. The van der Waals surface area contributed by atoms with Crippen LogP contribution in [0.15, 0.2) is 0 Å². The van der Waals surface area contributed by atoms with Crippen molar-refractivity contribution in [2.24, 2.45) is 11.8 Å². The van der Waals surface area contributed by atoms with E-state index in [1.54, 1.807) is 0 Å². The highest BCUT2D eigenvalue weighted by atomic mass is 16.3. The summed E-state index contributed by atoms with van der Waals surface area (Å²) in [6.45, 7) is 2.74. The van der Waals surface area contributed by atoms with Gasteiger partial charge in [-0.05, 0) is 50.4 Å². The van der Waals surface area contributed by atoms with Crippen molar-refractivity contribution in [2.75, 3.05) is 6.61 Å². The Labute approximate surface area is 99.8 Å². The van der Waals surface area contributed by atoms with Gasteiger partial charge in [-0.15, -0.1) is 0 Å². The lowest BCUT2D eigenvalue weighted by atomic mass is 9.82. The van der Waals surface area contributed by atoms with Gasteiger partial charge in [0.1, 0.15) is 0 Å². The molecule has 0 amide bonds. The van der Waals surface area contributed by atoms with Crippen LogP contribution in [0.25, 0.3) is 0 Å². The number of hydrogen-bond donors (Lipinski definition) is 2. The maximum atomic E-state index is 9.39. The first-order valence-electron chi connectivity index (χ1n) is 7.16. The van der Waals surface area contributed by atoms with Crippen molar-refractivity contribution in [3.8, 4) is 0 Å². The van der Waals surface area contributed by atoms with Gasteiger partial charge in [0.2, 0.25) is 0 Å². The Morgan fingerprint density at radius 2 is 1.69 bits per heavy atom. The summed E-state index contributed by atoms with van der Waals surface area (Å²) in [6.07, 6.45) is 10.6. The molecule has 0 aromatic carbocycles. The van der Waals surface area contributed by atoms with Gasteiger partial charge in [0.25, 0.3) is 0 Å². The quantitative estimate of drug-likeness (QED) is 0.774. The summed E-state index contributed by atoms with van der Waals surface area (Å²) in [7, 11) is 0. The Bertz CT molecular complexity index is 199. The van der Waals surface area contributed by atoms with Gasteiger partial charge in [-0.2, -0.15) is 0 Å². The molecule has 2 N–H and O–H groups in total. The van der Waals surface area contributed by atoms with Crippen molar-refractivity contribution >= 4 is 0 Å². The van der Waals surface area contributed by atoms with E-state index in [-0.39, 0.29) is 0 Å². The average molecular weight is 225 g/mol. The van der Waals surface area contributed by atoms with Crippen LogP contribution >= 0.6 is 0 Å². The Balaban J connectivity index is 1.78. The molecule has 2 saturated carbocycles. The molecule has 2 aliphatic rings. The van der Waals surface area contributed by atoms with E-state index in [0.29, 0.717) is 18.6 Å². The van der Waals surface area contributed by atoms with Gasteiger partial charge < -0.3 is 10.4 Å². The van der Waals surface area contributed by atoms with E-state index in [2.05, 4.69) is 12.2 Å². The molecule has 2 nitrogen and oxygen atoms in total. The van der Waals surface area contributed by atoms with E-state index < -0.39 is 0 Å². The molecule has 2 heteroatoms. The molecule has 94 valence electrons. The van der Waals surface area contributed by atoms with Crippen molar-refractivity contribution in [3.63, 3.8) is 0 Å². The van der Waals surface area contributed by atoms with Crippen LogP contribution in [0.2, 0.25) is 0 Å². The highest BCUT2D eigenvalue weighted by Crippen LogP contribution is 2.28. The lowest BCUT2D eigenvalue weighted by molar-refractivity contribution is 0.137. The Morgan fingerprint density at radius 3 is 2.38 bits per heavy atom. The molecule has 0 aromatic rings. The fourth-order valence-corrected chi connectivity index (χ4v) is 3.38. The minimum Gasteiger partial charge on any atom is -0.396 e. The van der Waals surface area contributed by atoms with Crippen LogP contribution in [-0.2, 0) is 0 Å². The summed E-state index contributed by atoms with van der Waals surface area (Å²) in [5, 5.41) is 13.2. The lowest BCUT2D eigenvalue weighted by Gasteiger charge is -2.36. The molecule has 0 aromatic heterocycles. The van der Waals surface area contributed by atoms with Crippen LogP contribution in [0.5, 0.6) is 0 Å². The number of nitrogens with one attached hydrogen (secondary N) is 1. The predicted molar refractivity (Wildman–Crippen MR) is 67.4 cm³/mol. The summed E-state index contributed by atoms with van der Waals surface area (Å²) in [6, 6.07) is 1.32. The van der Waals surface area contributed by atoms with Crippen molar-refractivity contribution < 1.29 is 5.11 Å². The van der Waals surface area contributed by atoms with Crippen LogP contribution in [0.1, 0.15) is 58.3 Å². The van der Waals surface area contributed by atoms with E-state index in [0.717, 1.165) is 12.0 Å². The summed E-state index contributed by atoms with van der Waals surface area (Å²) in [4.78, 5) is 0. The lowest BCUT2D eigenvalue weighted by Crippen LogP contribution is -2.46. The van der Waals surface area contributed by atoms with Crippen LogP contribution in [0, 0.1) is 11.8 Å². The van der Waals surface area contributed by atoms with Crippen molar-refractivity contribution in [1.82, 2.24) is 5.32 Å². The third kappa shape index (κ3) is 3.21. The van der Waals surface area contributed by atoms with Gasteiger partial charge in [0.15, 0.2) is 0 Å². The van der Waals surface area contributed by atoms with Crippen LogP contribution < -0.4 is 5.32 Å². The maximum Gasteiger partial charge on any atom is 0.0474 e.